The third-order valence-electron chi connectivity index (χ3n) is 2.57. The maximum Gasteiger partial charge on any atom is 0.345 e. The predicted molar refractivity (Wildman–Crippen MR) is 76.3 cm³/mol. The van der Waals surface area contributed by atoms with Gasteiger partial charge in [0.15, 0.2) is 6.54 Å². The summed E-state index contributed by atoms with van der Waals surface area (Å²) in [5.41, 5.74) is 0.416. The molecule has 0 saturated heterocycles. The van der Waals surface area contributed by atoms with Crippen LogP contribution >= 0.6 is 15.9 Å². The molecule has 0 aliphatic heterocycles. The van der Waals surface area contributed by atoms with E-state index >= 15 is 0 Å². The molecule has 0 aliphatic rings. The lowest BCUT2D eigenvalue weighted by molar-refractivity contribution is -0.392. The van der Waals surface area contributed by atoms with Crippen LogP contribution in [0.25, 0.3) is 0 Å². The summed E-state index contributed by atoms with van der Waals surface area (Å²) in [5, 5.41) is 17.0. The summed E-state index contributed by atoms with van der Waals surface area (Å²) in [6, 6.07) is 5.42. The average Bonchev–Trinajstić information content (AvgIpc) is 2.74. The lowest BCUT2D eigenvalue weighted by Crippen LogP contribution is -2.21. The van der Waals surface area contributed by atoms with Crippen LogP contribution in [0.2, 0.25) is 0 Å². The number of benzene rings is 1. The molecule has 1 heterocycles. The van der Waals surface area contributed by atoms with Gasteiger partial charge in [0.2, 0.25) is 0 Å². The number of amides is 1. The zero-order valence-electron chi connectivity index (χ0n) is 10.8. The third-order valence-corrected chi connectivity index (χ3v) is 3.06. The van der Waals surface area contributed by atoms with Gasteiger partial charge < -0.3 is 15.4 Å². The number of anilines is 1. The fourth-order valence-corrected chi connectivity index (χ4v) is 2.04. The van der Waals surface area contributed by atoms with Gasteiger partial charge in [-0.15, -0.1) is 4.68 Å². The van der Waals surface area contributed by atoms with Gasteiger partial charge in [0.25, 0.3) is 5.91 Å². The van der Waals surface area contributed by atoms with Crippen LogP contribution in [0.1, 0.15) is 5.69 Å². The Morgan fingerprint density at radius 1 is 1.52 bits per heavy atom. The van der Waals surface area contributed by atoms with Crippen molar-refractivity contribution in [1.29, 1.82) is 0 Å². The molecule has 0 unspecified atom stereocenters. The van der Waals surface area contributed by atoms with Crippen LogP contribution in [0.3, 0.4) is 0 Å². The SMILES string of the molecule is Cc1cc([N+](=O)[O-])n(CC(=O)Nc2ccc(Br)cc2F)n1. The quantitative estimate of drug-likeness (QED) is 0.673. The highest BCUT2D eigenvalue weighted by Crippen LogP contribution is 2.19. The molecule has 7 nitrogen and oxygen atoms in total. The van der Waals surface area contributed by atoms with Crippen LogP contribution in [0.5, 0.6) is 0 Å². The Morgan fingerprint density at radius 2 is 2.24 bits per heavy atom. The second-order valence-electron chi connectivity index (χ2n) is 4.23. The van der Waals surface area contributed by atoms with Crippen LogP contribution < -0.4 is 5.32 Å². The van der Waals surface area contributed by atoms with Crippen molar-refractivity contribution in [3.8, 4) is 0 Å². The smallest absolute Gasteiger partial charge is 0.345 e. The molecule has 21 heavy (non-hydrogen) atoms. The highest BCUT2D eigenvalue weighted by Gasteiger charge is 2.20. The van der Waals surface area contributed by atoms with Crippen molar-refractivity contribution in [1.82, 2.24) is 9.78 Å². The average molecular weight is 357 g/mol. The van der Waals surface area contributed by atoms with E-state index in [1.165, 1.54) is 18.2 Å². The number of aromatic nitrogens is 2. The number of nitrogens with zero attached hydrogens (tertiary/aromatic N) is 3. The molecule has 1 aromatic carbocycles. The molecule has 0 fully saturated rings. The maximum atomic E-state index is 13.6. The highest BCUT2D eigenvalue weighted by atomic mass is 79.9. The van der Waals surface area contributed by atoms with E-state index < -0.39 is 16.6 Å². The first-order chi connectivity index (χ1) is 9.86. The molecule has 9 heteroatoms. The molecule has 0 bridgehead atoms. The highest BCUT2D eigenvalue weighted by molar-refractivity contribution is 9.10. The minimum atomic E-state index is -0.631. The van der Waals surface area contributed by atoms with Crippen molar-refractivity contribution >= 4 is 33.3 Å². The number of hydrogen-bond acceptors (Lipinski definition) is 4. The molecule has 0 saturated carbocycles. The lowest BCUT2D eigenvalue weighted by atomic mass is 10.3. The standard InChI is InChI=1S/C12H10BrFN4O3/c1-7-4-12(18(20)21)17(16-7)6-11(19)15-10-3-2-8(13)5-9(10)14/h2-5H,6H2,1H3,(H,15,19). The monoisotopic (exact) mass is 356 g/mol. The van der Waals surface area contributed by atoms with Gasteiger partial charge in [0.05, 0.1) is 17.4 Å². The molecule has 0 atom stereocenters. The summed E-state index contributed by atoms with van der Waals surface area (Å²) in [5.74, 6) is -1.51. The third kappa shape index (κ3) is 3.63. The van der Waals surface area contributed by atoms with Crippen molar-refractivity contribution in [2.75, 3.05) is 5.32 Å². The van der Waals surface area contributed by atoms with Crippen LogP contribution in [0.15, 0.2) is 28.7 Å². The molecule has 0 radical (unpaired) electrons. The number of carbonyl (C=O) groups excluding carboxylic acids is 1. The molecule has 1 aromatic heterocycles. The molecular formula is C12H10BrFN4O3. The number of rotatable bonds is 4. The van der Waals surface area contributed by atoms with Gasteiger partial charge in [-0.3, -0.25) is 4.79 Å². The van der Waals surface area contributed by atoms with E-state index in [0.717, 1.165) is 4.68 Å². The predicted octanol–water partition coefficient (Wildman–Crippen LogP) is 2.64. The molecule has 0 aliphatic carbocycles. The van der Waals surface area contributed by atoms with Crippen LogP contribution in [0.4, 0.5) is 15.9 Å². The second-order valence-corrected chi connectivity index (χ2v) is 5.15. The van der Waals surface area contributed by atoms with Crippen LogP contribution in [-0.2, 0) is 11.3 Å². The Balaban J connectivity index is 2.13. The van der Waals surface area contributed by atoms with E-state index in [0.29, 0.717) is 10.2 Å². The number of hydrogen-bond donors (Lipinski definition) is 1. The molecule has 110 valence electrons. The van der Waals surface area contributed by atoms with Crippen LogP contribution in [0, 0.1) is 22.9 Å². The first-order valence-corrected chi connectivity index (χ1v) is 6.60. The number of halogens is 2. The van der Waals surface area contributed by atoms with E-state index in [-0.39, 0.29) is 18.1 Å². The summed E-state index contributed by atoms with van der Waals surface area (Å²) in [7, 11) is 0. The Hall–Kier alpha value is -2.29. The Bertz CT molecular complexity index is 717. The molecular weight excluding hydrogens is 347 g/mol. The van der Waals surface area contributed by atoms with E-state index in [1.54, 1.807) is 13.0 Å². The second kappa shape index (κ2) is 6.00. The van der Waals surface area contributed by atoms with Crippen LogP contribution in [-0.4, -0.2) is 20.6 Å². The van der Waals surface area contributed by atoms with Crippen molar-refractivity contribution in [2.45, 2.75) is 13.5 Å². The van der Waals surface area contributed by atoms with E-state index in [9.17, 15) is 19.3 Å². The topological polar surface area (TPSA) is 90.1 Å². The number of nitrogens with one attached hydrogen (secondary N) is 1. The van der Waals surface area contributed by atoms with Gasteiger partial charge in [-0.1, -0.05) is 21.0 Å². The van der Waals surface area contributed by atoms with Crippen molar-refractivity contribution in [2.24, 2.45) is 0 Å². The zero-order valence-corrected chi connectivity index (χ0v) is 12.4. The Morgan fingerprint density at radius 3 is 2.86 bits per heavy atom. The summed E-state index contributed by atoms with van der Waals surface area (Å²) >= 11 is 3.10. The van der Waals surface area contributed by atoms with E-state index in [1.807, 2.05) is 0 Å². The normalized spacial score (nSPS) is 10.4. The molecule has 1 amide bonds. The first-order valence-electron chi connectivity index (χ1n) is 5.80. The summed E-state index contributed by atoms with van der Waals surface area (Å²) in [6.07, 6.45) is 0. The largest absolute Gasteiger partial charge is 0.358 e. The number of nitro groups is 1. The fourth-order valence-electron chi connectivity index (χ4n) is 1.71. The summed E-state index contributed by atoms with van der Waals surface area (Å²) < 4.78 is 15.1. The van der Waals surface area contributed by atoms with Crippen molar-refractivity contribution in [3.63, 3.8) is 0 Å². The van der Waals surface area contributed by atoms with E-state index in [4.69, 9.17) is 0 Å². The van der Waals surface area contributed by atoms with Gasteiger partial charge >= 0.3 is 5.82 Å². The van der Waals surface area contributed by atoms with Gasteiger partial charge in [0, 0.05) is 4.47 Å². The Kier molecular flexibility index (Phi) is 4.32. The summed E-state index contributed by atoms with van der Waals surface area (Å²) in [6.45, 7) is 1.20. The Labute approximate surface area is 127 Å². The summed E-state index contributed by atoms with van der Waals surface area (Å²) in [4.78, 5) is 22.0. The van der Waals surface area contributed by atoms with Gasteiger partial charge in [-0.25, -0.2) is 4.39 Å². The molecule has 2 aromatic rings. The number of carbonyl (C=O) groups is 1. The van der Waals surface area contributed by atoms with Gasteiger partial charge in [-0.2, -0.15) is 0 Å². The maximum absolute atomic E-state index is 13.6. The zero-order chi connectivity index (χ0) is 15.6. The van der Waals surface area contributed by atoms with Gasteiger partial charge in [0.1, 0.15) is 5.82 Å². The molecule has 0 spiro atoms. The minimum absolute atomic E-state index is 0.00488. The molecule has 1 N–H and O–H groups in total. The first kappa shape index (κ1) is 15.1. The van der Waals surface area contributed by atoms with Gasteiger partial charge in [-0.05, 0) is 30.0 Å². The molecule has 2 rings (SSSR count). The fraction of sp³-hybridized carbons (Fsp3) is 0.167. The lowest BCUT2D eigenvalue weighted by Gasteiger charge is -2.05. The van der Waals surface area contributed by atoms with Crippen molar-refractivity contribution in [3.05, 3.63) is 50.4 Å². The van der Waals surface area contributed by atoms with Crippen molar-refractivity contribution < 1.29 is 14.1 Å². The number of aryl methyl sites for hydroxylation is 1. The minimum Gasteiger partial charge on any atom is -0.358 e. The van der Waals surface area contributed by atoms with E-state index in [2.05, 4.69) is 26.3 Å².